The van der Waals surface area contributed by atoms with Crippen LogP contribution in [0.5, 0.6) is 0 Å². The molecule has 1 atom stereocenters. The van der Waals surface area contributed by atoms with Crippen molar-refractivity contribution < 1.29 is 22.8 Å². The molecule has 7 nitrogen and oxygen atoms in total. The lowest BCUT2D eigenvalue weighted by atomic mass is 10.0. The number of nitrogens with one attached hydrogen (secondary N) is 1. The van der Waals surface area contributed by atoms with Crippen LogP contribution in [0.2, 0.25) is 0 Å². The van der Waals surface area contributed by atoms with Gasteiger partial charge < -0.3 is 15.1 Å². The van der Waals surface area contributed by atoms with E-state index in [0.717, 1.165) is 18.6 Å². The molecule has 0 saturated carbocycles. The van der Waals surface area contributed by atoms with Crippen LogP contribution in [-0.4, -0.2) is 69.8 Å². The Bertz CT molecular complexity index is 1550. The average Bonchev–Trinajstić information content (AvgIpc) is 3.42. The number of carbonyl (C=O) groups excluding carboxylic acids is 2. The van der Waals surface area contributed by atoms with Gasteiger partial charge in [0.1, 0.15) is 6.33 Å². The minimum absolute atomic E-state index is 0.0388. The Morgan fingerprint density at radius 2 is 1.50 bits per heavy atom. The number of nitrogens with zero attached hydrogens (tertiary/aromatic N) is 4. The van der Waals surface area contributed by atoms with Crippen LogP contribution in [0.1, 0.15) is 32.7 Å². The summed E-state index contributed by atoms with van der Waals surface area (Å²) in [4.78, 5) is 38.0. The van der Waals surface area contributed by atoms with Crippen molar-refractivity contribution in [2.24, 2.45) is 0 Å². The lowest BCUT2D eigenvalue weighted by Crippen LogP contribution is -2.62. The van der Waals surface area contributed by atoms with Crippen LogP contribution in [0.3, 0.4) is 0 Å². The van der Waals surface area contributed by atoms with Crippen LogP contribution in [0, 0.1) is 0 Å². The second-order valence-corrected chi connectivity index (χ2v) is 10.2. The molecule has 0 bridgehead atoms. The molecule has 0 spiro atoms. The molecule has 1 N–H and O–H groups in total. The Balaban J connectivity index is 1.07. The van der Waals surface area contributed by atoms with Crippen molar-refractivity contribution in [2.45, 2.75) is 24.7 Å². The SMILES string of the molecule is O=C(c1ccccc1)N1CCC(NC2CN(C(=O)c3ccc4c(-c5ccc(C(F)(F)F)cc5)ncnc4c3)C2)C1. The first-order valence-corrected chi connectivity index (χ1v) is 13.1. The molecule has 0 radical (unpaired) electrons. The van der Waals surface area contributed by atoms with Crippen molar-refractivity contribution in [2.75, 3.05) is 26.2 Å². The number of amides is 2. The summed E-state index contributed by atoms with van der Waals surface area (Å²) in [6.07, 6.45) is -2.19. The fourth-order valence-corrected chi connectivity index (χ4v) is 5.35. The van der Waals surface area contributed by atoms with Gasteiger partial charge in [0.15, 0.2) is 0 Å². The number of rotatable bonds is 5. The quantitative estimate of drug-likeness (QED) is 0.395. The number of likely N-dealkylation sites (tertiary alicyclic amines) is 2. The second kappa shape index (κ2) is 10.3. The summed E-state index contributed by atoms with van der Waals surface area (Å²) in [7, 11) is 0. The third-order valence-electron chi connectivity index (χ3n) is 7.51. The fraction of sp³-hybridized carbons (Fsp3) is 0.267. The Labute approximate surface area is 228 Å². The molecule has 4 aromatic rings. The van der Waals surface area contributed by atoms with Crippen LogP contribution in [0.4, 0.5) is 13.2 Å². The first kappa shape index (κ1) is 25.9. The summed E-state index contributed by atoms with van der Waals surface area (Å²) in [5, 5.41) is 4.23. The summed E-state index contributed by atoms with van der Waals surface area (Å²) >= 11 is 0. The summed E-state index contributed by atoms with van der Waals surface area (Å²) in [6.45, 7) is 2.49. The summed E-state index contributed by atoms with van der Waals surface area (Å²) < 4.78 is 38.8. The number of hydrogen-bond acceptors (Lipinski definition) is 5. The van der Waals surface area contributed by atoms with Crippen molar-refractivity contribution in [3.8, 4) is 11.3 Å². The first-order valence-electron chi connectivity index (χ1n) is 13.1. The van der Waals surface area contributed by atoms with Crippen molar-refractivity contribution in [3.05, 3.63) is 95.8 Å². The lowest BCUT2D eigenvalue weighted by Gasteiger charge is -2.41. The molecule has 3 aromatic carbocycles. The number of fused-ring (bicyclic) bond motifs is 1. The third-order valence-corrected chi connectivity index (χ3v) is 7.51. The lowest BCUT2D eigenvalue weighted by molar-refractivity contribution is -0.137. The van der Waals surface area contributed by atoms with E-state index in [1.807, 2.05) is 35.2 Å². The van der Waals surface area contributed by atoms with E-state index in [1.165, 1.54) is 18.5 Å². The molecule has 204 valence electrons. The summed E-state index contributed by atoms with van der Waals surface area (Å²) in [5.41, 5.74) is 2.03. The van der Waals surface area contributed by atoms with Gasteiger partial charge in [-0.3, -0.25) is 9.59 Å². The molecule has 2 fully saturated rings. The molecule has 2 amide bonds. The van der Waals surface area contributed by atoms with Crippen molar-refractivity contribution >= 4 is 22.7 Å². The first-order chi connectivity index (χ1) is 19.3. The minimum atomic E-state index is -4.41. The summed E-state index contributed by atoms with van der Waals surface area (Å²) in [5.74, 6) is -0.0705. The van der Waals surface area contributed by atoms with Crippen LogP contribution >= 0.6 is 0 Å². The van der Waals surface area contributed by atoms with E-state index < -0.39 is 11.7 Å². The zero-order chi connectivity index (χ0) is 27.9. The summed E-state index contributed by atoms with van der Waals surface area (Å²) in [6, 6.07) is 19.6. The number of carbonyl (C=O) groups is 2. The highest BCUT2D eigenvalue weighted by atomic mass is 19.4. The molecule has 2 aliphatic rings. The Morgan fingerprint density at radius 1 is 0.800 bits per heavy atom. The van der Waals surface area contributed by atoms with Gasteiger partial charge in [0.25, 0.3) is 11.8 Å². The number of hydrogen-bond donors (Lipinski definition) is 1. The molecule has 40 heavy (non-hydrogen) atoms. The number of aromatic nitrogens is 2. The Morgan fingerprint density at radius 3 is 2.23 bits per heavy atom. The molecule has 0 aliphatic carbocycles. The van der Waals surface area contributed by atoms with Gasteiger partial charge in [-0.2, -0.15) is 13.2 Å². The van der Waals surface area contributed by atoms with Gasteiger partial charge in [-0.15, -0.1) is 0 Å². The van der Waals surface area contributed by atoms with Crippen molar-refractivity contribution in [3.63, 3.8) is 0 Å². The predicted molar refractivity (Wildman–Crippen MR) is 144 cm³/mol. The molecule has 6 rings (SSSR count). The fourth-order valence-electron chi connectivity index (χ4n) is 5.35. The maximum absolute atomic E-state index is 13.1. The van der Waals surface area contributed by atoms with Gasteiger partial charge >= 0.3 is 6.18 Å². The van der Waals surface area contributed by atoms with Crippen LogP contribution in [0.15, 0.2) is 79.1 Å². The molecule has 10 heteroatoms. The van der Waals surface area contributed by atoms with E-state index in [4.69, 9.17) is 0 Å². The zero-order valence-electron chi connectivity index (χ0n) is 21.4. The Kier molecular flexibility index (Phi) is 6.71. The Hall–Kier alpha value is -4.31. The molecule has 1 aromatic heterocycles. The normalized spacial score (nSPS) is 17.7. The van der Waals surface area contributed by atoms with E-state index in [-0.39, 0.29) is 23.9 Å². The molecule has 1 unspecified atom stereocenters. The van der Waals surface area contributed by atoms with Gasteiger partial charge in [-0.05, 0) is 48.9 Å². The topological polar surface area (TPSA) is 78.4 Å². The number of alkyl halides is 3. The van der Waals surface area contributed by atoms with Crippen molar-refractivity contribution in [1.82, 2.24) is 25.1 Å². The highest BCUT2D eigenvalue weighted by Crippen LogP contribution is 2.32. The predicted octanol–water partition coefficient (Wildman–Crippen LogP) is 4.64. The highest BCUT2D eigenvalue weighted by Gasteiger charge is 2.35. The van der Waals surface area contributed by atoms with E-state index >= 15 is 0 Å². The van der Waals surface area contributed by atoms with E-state index in [0.29, 0.717) is 59.5 Å². The molecular formula is C30H26F3N5O2. The average molecular weight is 546 g/mol. The molecular weight excluding hydrogens is 519 g/mol. The van der Waals surface area contributed by atoms with Gasteiger partial charge in [-0.1, -0.05) is 30.3 Å². The maximum Gasteiger partial charge on any atom is 0.416 e. The van der Waals surface area contributed by atoms with Gasteiger partial charge in [-0.25, -0.2) is 9.97 Å². The number of benzene rings is 3. The van der Waals surface area contributed by atoms with E-state index in [2.05, 4.69) is 15.3 Å². The van der Waals surface area contributed by atoms with Crippen molar-refractivity contribution in [1.29, 1.82) is 0 Å². The maximum atomic E-state index is 13.1. The monoisotopic (exact) mass is 545 g/mol. The molecule has 3 heterocycles. The standard InChI is InChI=1S/C30H26F3N5O2/c31-30(32,33)22-9-6-19(7-10-22)27-25-11-8-21(14-26(25)34-18-35-27)29(40)38-16-24(17-38)36-23-12-13-37(15-23)28(39)20-4-2-1-3-5-20/h1-11,14,18,23-24,36H,12-13,15-17H2. The largest absolute Gasteiger partial charge is 0.416 e. The van der Waals surface area contributed by atoms with E-state index in [1.54, 1.807) is 23.1 Å². The molecule has 2 aliphatic heterocycles. The highest BCUT2D eigenvalue weighted by molar-refractivity contribution is 6.00. The van der Waals surface area contributed by atoms with Crippen LogP contribution in [-0.2, 0) is 6.18 Å². The van der Waals surface area contributed by atoms with Gasteiger partial charge in [0.05, 0.1) is 16.8 Å². The number of halogens is 3. The van der Waals surface area contributed by atoms with Crippen LogP contribution in [0.25, 0.3) is 22.2 Å². The zero-order valence-corrected chi connectivity index (χ0v) is 21.4. The van der Waals surface area contributed by atoms with E-state index in [9.17, 15) is 22.8 Å². The van der Waals surface area contributed by atoms with Gasteiger partial charge in [0, 0.05) is 60.3 Å². The van der Waals surface area contributed by atoms with Crippen LogP contribution < -0.4 is 5.32 Å². The second-order valence-electron chi connectivity index (χ2n) is 10.2. The smallest absolute Gasteiger partial charge is 0.337 e. The van der Waals surface area contributed by atoms with Gasteiger partial charge in [0.2, 0.25) is 0 Å². The third kappa shape index (κ3) is 5.14. The molecule has 2 saturated heterocycles. The minimum Gasteiger partial charge on any atom is -0.337 e.